The molecule has 0 spiro atoms. The molecule has 1 aliphatic rings. The Kier molecular flexibility index (Phi) is 6.85. The van der Waals surface area contributed by atoms with Gasteiger partial charge in [0.15, 0.2) is 9.84 Å². The molecule has 3 rings (SSSR count). The van der Waals surface area contributed by atoms with Gasteiger partial charge < -0.3 is 10.6 Å². The lowest BCUT2D eigenvalue weighted by atomic mass is 10.1. The molecule has 0 fully saturated rings. The first-order valence-corrected chi connectivity index (χ1v) is 11.9. The maximum atomic E-state index is 12.5. The number of hydrogen-bond donors (Lipinski definition) is 2. The number of hydrogen-bond acceptors (Lipinski definition) is 4. The van der Waals surface area contributed by atoms with Gasteiger partial charge in [-0.1, -0.05) is 35.4 Å². The maximum absolute atomic E-state index is 12.5. The van der Waals surface area contributed by atoms with Crippen molar-refractivity contribution in [3.8, 4) is 0 Å². The minimum absolute atomic E-state index is 0.114. The summed E-state index contributed by atoms with van der Waals surface area (Å²) >= 11 is 12.5. The van der Waals surface area contributed by atoms with Crippen LogP contribution in [-0.2, 0) is 14.6 Å². The standard InChI is InChI=1S/C21H20Cl2N2O4S/c1-30(28,29)16-8-6-14(7-9-16)21(27)25-20-17(22)11-15(12-18(20)23)24-19(26)10-13-4-2-3-5-13/h2,4,6-9,11-13H,3,5,10H2,1H3,(H,24,26)(H,25,27)/t13-/m0/s1. The Morgan fingerprint density at radius 2 is 1.70 bits per heavy atom. The maximum Gasteiger partial charge on any atom is 0.255 e. The summed E-state index contributed by atoms with van der Waals surface area (Å²) in [6, 6.07) is 8.53. The summed E-state index contributed by atoms with van der Waals surface area (Å²) in [6.45, 7) is 0. The summed E-state index contributed by atoms with van der Waals surface area (Å²) < 4.78 is 23.1. The fourth-order valence-corrected chi connectivity index (χ4v) is 4.33. The van der Waals surface area contributed by atoms with Crippen LogP contribution in [0.25, 0.3) is 0 Å². The lowest BCUT2D eigenvalue weighted by Gasteiger charge is -2.13. The van der Waals surface area contributed by atoms with Gasteiger partial charge in [-0.05, 0) is 55.2 Å². The van der Waals surface area contributed by atoms with Gasteiger partial charge in [-0.15, -0.1) is 0 Å². The van der Waals surface area contributed by atoms with E-state index < -0.39 is 15.7 Å². The van der Waals surface area contributed by atoms with Gasteiger partial charge in [-0.3, -0.25) is 9.59 Å². The van der Waals surface area contributed by atoms with E-state index >= 15 is 0 Å². The number of sulfone groups is 1. The Labute approximate surface area is 185 Å². The van der Waals surface area contributed by atoms with Crippen molar-refractivity contribution in [3.05, 3.63) is 64.2 Å². The fraction of sp³-hybridized carbons (Fsp3) is 0.238. The molecule has 30 heavy (non-hydrogen) atoms. The van der Waals surface area contributed by atoms with Gasteiger partial charge in [0.25, 0.3) is 5.91 Å². The van der Waals surface area contributed by atoms with Crippen molar-refractivity contribution in [1.29, 1.82) is 0 Å². The molecule has 6 nitrogen and oxygen atoms in total. The van der Waals surface area contributed by atoms with Crippen molar-refractivity contribution in [1.82, 2.24) is 0 Å². The molecule has 0 bridgehead atoms. The second-order valence-corrected chi connectivity index (χ2v) is 9.91. The molecule has 0 aromatic heterocycles. The number of benzene rings is 2. The Bertz CT molecular complexity index is 1090. The Hall–Kier alpha value is -2.35. The SMILES string of the molecule is CS(=O)(=O)c1ccc(C(=O)Nc2c(Cl)cc(NC(=O)C[C@H]3C=CCC3)cc2Cl)cc1. The van der Waals surface area contributed by atoms with E-state index in [1.54, 1.807) is 0 Å². The average molecular weight is 467 g/mol. The third-order valence-electron chi connectivity index (χ3n) is 4.67. The molecule has 0 saturated carbocycles. The highest BCUT2D eigenvalue weighted by Crippen LogP contribution is 2.34. The topological polar surface area (TPSA) is 92.3 Å². The highest BCUT2D eigenvalue weighted by atomic mass is 35.5. The number of allylic oxidation sites excluding steroid dienone is 2. The van der Waals surface area contributed by atoms with Gasteiger partial charge in [-0.2, -0.15) is 0 Å². The number of rotatable bonds is 6. The third kappa shape index (κ3) is 5.62. The fourth-order valence-electron chi connectivity index (χ4n) is 3.12. The second-order valence-electron chi connectivity index (χ2n) is 7.08. The van der Waals surface area contributed by atoms with Crippen molar-refractivity contribution in [2.75, 3.05) is 16.9 Å². The summed E-state index contributed by atoms with van der Waals surface area (Å²) in [5, 5.41) is 5.72. The molecule has 2 N–H and O–H groups in total. The molecule has 0 unspecified atom stereocenters. The van der Waals surface area contributed by atoms with Crippen LogP contribution < -0.4 is 10.6 Å². The largest absolute Gasteiger partial charge is 0.326 e. The lowest BCUT2D eigenvalue weighted by Crippen LogP contribution is -2.16. The van der Waals surface area contributed by atoms with Crippen LogP contribution in [0, 0.1) is 5.92 Å². The molecular weight excluding hydrogens is 447 g/mol. The molecule has 9 heteroatoms. The minimum Gasteiger partial charge on any atom is -0.326 e. The van der Waals surface area contributed by atoms with Gasteiger partial charge in [0, 0.05) is 23.9 Å². The summed E-state index contributed by atoms with van der Waals surface area (Å²) in [5.74, 6) is -0.395. The normalized spacial score (nSPS) is 15.8. The van der Waals surface area contributed by atoms with Crippen LogP contribution in [0.3, 0.4) is 0 Å². The van der Waals surface area contributed by atoms with E-state index in [-0.39, 0.29) is 38.0 Å². The zero-order chi connectivity index (χ0) is 21.9. The number of nitrogens with one attached hydrogen (secondary N) is 2. The van der Waals surface area contributed by atoms with Crippen molar-refractivity contribution in [2.45, 2.75) is 24.2 Å². The van der Waals surface area contributed by atoms with E-state index in [4.69, 9.17) is 23.2 Å². The number of anilines is 2. The van der Waals surface area contributed by atoms with Crippen LogP contribution in [0.2, 0.25) is 10.0 Å². The summed E-state index contributed by atoms with van der Waals surface area (Å²) in [6.07, 6.45) is 7.53. The first-order chi connectivity index (χ1) is 14.1. The predicted octanol–water partition coefficient (Wildman–Crippen LogP) is 4.94. The molecule has 0 aliphatic heterocycles. The van der Waals surface area contributed by atoms with E-state index in [1.165, 1.54) is 36.4 Å². The molecule has 2 amide bonds. The van der Waals surface area contributed by atoms with E-state index in [0.29, 0.717) is 12.1 Å². The van der Waals surface area contributed by atoms with Crippen molar-refractivity contribution >= 4 is 56.2 Å². The summed E-state index contributed by atoms with van der Waals surface area (Å²) in [4.78, 5) is 24.8. The highest BCUT2D eigenvalue weighted by molar-refractivity contribution is 7.90. The molecule has 0 saturated heterocycles. The monoisotopic (exact) mass is 466 g/mol. The van der Waals surface area contributed by atoms with Crippen LogP contribution in [0.15, 0.2) is 53.4 Å². The average Bonchev–Trinajstić information content (AvgIpc) is 3.16. The molecule has 158 valence electrons. The Morgan fingerprint density at radius 1 is 1.07 bits per heavy atom. The molecule has 0 radical (unpaired) electrons. The van der Waals surface area contributed by atoms with Gasteiger partial charge in [0.1, 0.15) is 0 Å². The van der Waals surface area contributed by atoms with E-state index in [2.05, 4.69) is 16.7 Å². The van der Waals surface area contributed by atoms with Gasteiger partial charge in [-0.25, -0.2) is 8.42 Å². The van der Waals surface area contributed by atoms with Gasteiger partial charge in [0.05, 0.1) is 20.6 Å². The zero-order valence-electron chi connectivity index (χ0n) is 16.1. The molecule has 0 heterocycles. The van der Waals surface area contributed by atoms with Crippen molar-refractivity contribution < 1.29 is 18.0 Å². The molecular formula is C21H20Cl2N2O4S. The smallest absolute Gasteiger partial charge is 0.255 e. The van der Waals surface area contributed by atoms with E-state index in [9.17, 15) is 18.0 Å². The molecule has 1 atom stereocenters. The van der Waals surface area contributed by atoms with Crippen LogP contribution in [0.1, 0.15) is 29.6 Å². The highest BCUT2D eigenvalue weighted by Gasteiger charge is 2.17. The van der Waals surface area contributed by atoms with E-state index in [0.717, 1.165) is 19.1 Å². The summed E-state index contributed by atoms with van der Waals surface area (Å²) in [7, 11) is -3.35. The second kappa shape index (κ2) is 9.20. The number of halogens is 2. The minimum atomic E-state index is -3.35. The van der Waals surface area contributed by atoms with Crippen LogP contribution >= 0.6 is 23.2 Å². The first kappa shape index (κ1) is 22.3. The first-order valence-electron chi connectivity index (χ1n) is 9.20. The number of amides is 2. The quantitative estimate of drug-likeness (QED) is 0.589. The van der Waals surface area contributed by atoms with Crippen molar-refractivity contribution in [3.63, 3.8) is 0 Å². The van der Waals surface area contributed by atoms with Crippen LogP contribution in [0.5, 0.6) is 0 Å². The van der Waals surface area contributed by atoms with Crippen LogP contribution in [-0.4, -0.2) is 26.5 Å². The molecule has 1 aliphatic carbocycles. The zero-order valence-corrected chi connectivity index (χ0v) is 18.4. The Balaban J connectivity index is 1.69. The third-order valence-corrected chi connectivity index (χ3v) is 6.39. The van der Waals surface area contributed by atoms with Gasteiger partial charge in [0.2, 0.25) is 5.91 Å². The predicted molar refractivity (Wildman–Crippen MR) is 119 cm³/mol. The number of carbonyl (C=O) groups is 2. The Morgan fingerprint density at radius 3 is 2.23 bits per heavy atom. The van der Waals surface area contributed by atoms with Gasteiger partial charge >= 0.3 is 0 Å². The van der Waals surface area contributed by atoms with Crippen molar-refractivity contribution in [2.24, 2.45) is 5.92 Å². The molecule has 2 aromatic carbocycles. The summed E-state index contributed by atoms with van der Waals surface area (Å²) in [5.41, 5.74) is 0.885. The van der Waals surface area contributed by atoms with E-state index in [1.807, 2.05) is 6.08 Å². The number of carbonyl (C=O) groups excluding carboxylic acids is 2. The van der Waals surface area contributed by atoms with Crippen LogP contribution in [0.4, 0.5) is 11.4 Å². The molecule has 2 aromatic rings. The lowest BCUT2D eigenvalue weighted by molar-refractivity contribution is -0.116.